The van der Waals surface area contributed by atoms with Gasteiger partial charge in [-0.2, -0.15) is 5.26 Å². The summed E-state index contributed by atoms with van der Waals surface area (Å²) < 4.78 is 5.33. The summed E-state index contributed by atoms with van der Waals surface area (Å²) in [6, 6.07) is 15.4. The highest BCUT2D eigenvalue weighted by Crippen LogP contribution is 2.17. The van der Waals surface area contributed by atoms with E-state index in [0.717, 1.165) is 0 Å². The molecular formula is C16H12ClNO2. The molecule has 0 aliphatic carbocycles. The third-order valence-corrected chi connectivity index (χ3v) is 2.97. The van der Waals surface area contributed by atoms with Crippen LogP contribution in [0.5, 0.6) is 5.75 Å². The number of rotatable bonds is 4. The number of carbonyl (C=O) groups is 1. The van der Waals surface area contributed by atoms with Gasteiger partial charge in [0.05, 0.1) is 0 Å². The second-order valence-electron chi connectivity index (χ2n) is 4.25. The van der Waals surface area contributed by atoms with E-state index in [-0.39, 0.29) is 5.78 Å². The minimum absolute atomic E-state index is 0.0819. The molecule has 0 N–H and O–H groups in total. The van der Waals surface area contributed by atoms with Crippen LogP contribution in [0.25, 0.3) is 0 Å². The van der Waals surface area contributed by atoms with E-state index < -0.39 is 6.10 Å². The fourth-order valence-corrected chi connectivity index (χ4v) is 1.81. The molecule has 0 unspecified atom stereocenters. The van der Waals surface area contributed by atoms with Crippen LogP contribution in [0.2, 0.25) is 5.02 Å². The molecule has 3 nitrogen and oxygen atoms in total. The second-order valence-corrected chi connectivity index (χ2v) is 4.69. The Hall–Kier alpha value is -2.31. The lowest BCUT2D eigenvalue weighted by Gasteiger charge is -2.08. The Morgan fingerprint density at radius 1 is 1.10 bits per heavy atom. The number of nitrogens with zero attached hydrogens (tertiary/aromatic N) is 1. The summed E-state index contributed by atoms with van der Waals surface area (Å²) >= 11 is 5.79. The third-order valence-electron chi connectivity index (χ3n) is 2.72. The third kappa shape index (κ3) is 3.37. The monoisotopic (exact) mass is 285 g/mol. The van der Waals surface area contributed by atoms with E-state index in [0.29, 0.717) is 21.9 Å². The van der Waals surface area contributed by atoms with Gasteiger partial charge in [-0.15, -0.1) is 0 Å². The van der Waals surface area contributed by atoms with E-state index in [2.05, 4.69) is 0 Å². The van der Waals surface area contributed by atoms with Gasteiger partial charge in [0.25, 0.3) is 0 Å². The Morgan fingerprint density at radius 2 is 1.60 bits per heavy atom. The molecule has 20 heavy (non-hydrogen) atoms. The van der Waals surface area contributed by atoms with Crippen molar-refractivity contribution < 1.29 is 9.53 Å². The van der Waals surface area contributed by atoms with Crippen molar-refractivity contribution in [1.29, 1.82) is 5.26 Å². The Bertz CT molecular complexity index is 642. The van der Waals surface area contributed by atoms with Gasteiger partial charge in [-0.25, -0.2) is 0 Å². The van der Waals surface area contributed by atoms with E-state index in [9.17, 15) is 4.79 Å². The molecule has 0 fully saturated rings. The number of carbonyl (C=O) groups excluding carboxylic acids is 1. The summed E-state index contributed by atoms with van der Waals surface area (Å²) in [5.41, 5.74) is 1.14. The molecule has 2 aromatic carbocycles. The summed E-state index contributed by atoms with van der Waals surface area (Å²) in [7, 11) is 0. The number of hydrogen-bond acceptors (Lipinski definition) is 3. The van der Waals surface area contributed by atoms with Crippen molar-refractivity contribution in [3.63, 3.8) is 0 Å². The second kappa shape index (κ2) is 6.23. The van der Waals surface area contributed by atoms with Crippen molar-refractivity contribution in [3.8, 4) is 11.8 Å². The molecule has 0 saturated carbocycles. The first-order valence-corrected chi connectivity index (χ1v) is 6.44. The van der Waals surface area contributed by atoms with Crippen LogP contribution >= 0.6 is 11.6 Å². The van der Waals surface area contributed by atoms with Crippen LogP contribution in [0.3, 0.4) is 0 Å². The first-order valence-electron chi connectivity index (χ1n) is 6.07. The van der Waals surface area contributed by atoms with Crippen LogP contribution in [0.1, 0.15) is 22.8 Å². The van der Waals surface area contributed by atoms with Crippen molar-refractivity contribution >= 4 is 17.4 Å². The fourth-order valence-electron chi connectivity index (χ4n) is 1.68. The normalized spacial score (nSPS) is 11.4. The van der Waals surface area contributed by atoms with Crippen LogP contribution < -0.4 is 4.74 Å². The van der Waals surface area contributed by atoms with Gasteiger partial charge in [0, 0.05) is 16.1 Å². The fraction of sp³-hybridized carbons (Fsp3) is 0.125. The standard InChI is InChI=1S/C16H12ClNO2/c1-11(10-18)20-15-8-4-13(5-9-15)16(19)12-2-6-14(17)7-3-12/h2-9,11H,1H3/t11-/m0/s1. The molecule has 4 heteroatoms. The summed E-state index contributed by atoms with van der Waals surface area (Å²) in [5, 5.41) is 9.26. The van der Waals surface area contributed by atoms with Crippen molar-refractivity contribution in [2.75, 3.05) is 0 Å². The quantitative estimate of drug-likeness (QED) is 0.802. The molecule has 100 valence electrons. The number of ketones is 1. The maximum Gasteiger partial charge on any atom is 0.193 e. The molecule has 1 atom stereocenters. The average Bonchev–Trinajstić information content (AvgIpc) is 2.48. The van der Waals surface area contributed by atoms with E-state index in [1.54, 1.807) is 55.5 Å². The van der Waals surface area contributed by atoms with Crippen LogP contribution in [0, 0.1) is 11.3 Å². The number of benzene rings is 2. The zero-order valence-electron chi connectivity index (χ0n) is 10.8. The maximum absolute atomic E-state index is 12.2. The van der Waals surface area contributed by atoms with Crippen molar-refractivity contribution in [2.24, 2.45) is 0 Å². The zero-order chi connectivity index (χ0) is 14.5. The largest absolute Gasteiger partial charge is 0.476 e. The number of hydrogen-bond donors (Lipinski definition) is 0. The van der Waals surface area contributed by atoms with Crippen molar-refractivity contribution in [3.05, 3.63) is 64.7 Å². The Morgan fingerprint density at radius 3 is 2.10 bits per heavy atom. The smallest absolute Gasteiger partial charge is 0.193 e. The van der Waals surface area contributed by atoms with Gasteiger partial charge in [-0.3, -0.25) is 4.79 Å². The zero-order valence-corrected chi connectivity index (χ0v) is 11.6. The summed E-state index contributed by atoms with van der Waals surface area (Å²) in [5.74, 6) is 0.480. The lowest BCUT2D eigenvalue weighted by molar-refractivity contribution is 0.103. The highest BCUT2D eigenvalue weighted by molar-refractivity contribution is 6.30. The lowest BCUT2D eigenvalue weighted by atomic mass is 10.0. The van der Waals surface area contributed by atoms with Crippen LogP contribution in [-0.2, 0) is 0 Å². The van der Waals surface area contributed by atoms with E-state index in [4.69, 9.17) is 21.6 Å². The van der Waals surface area contributed by atoms with Gasteiger partial charge in [-0.05, 0) is 55.5 Å². The molecule has 0 bridgehead atoms. The Balaban J connectivity index is 2.15. The molecule has 0 aliphatic heterocycles. The predicted octanol–water partition coefficient (Wildman–Crippen LogP) is 3.86. The lowest BCUT2D eigenvalue weighted by Crippen LogP contribution is -2.08. The maximum atomic E-state index is 12.2. The van der Waals surface area contributed by atoms with Gasteiger partial charge in [0.1, 0.15) is 11.8 Å². The topological polar surface area (TPSA) is 50.1 Å². The highest BCUT2D eigenvalue weighted by Gasteiger charge is 2.09. The number of halogens is 1. The first-order chi connectivity index (χ1) is 9.60. The summed E-state index contributed by atoms with van der Waals surface area (Å²) in [6.45, 7) is 1.66. The molecule has 0 radical (unpaired) electrons. The van der Waals surface area contributed by atoms with E-state index >= 15 is 0 Å². The first kappa shape index (κ1) is 14.1. The molecule has 2 aromatic rings. The Kier molecular flexibility index (Phi) is 4.39. The summed E-state index contributed by atoms with van der Waals surface area (Å²) in [4.78, 5) is 12.2. The van der Waals surface area contributed by atoms with Crippen LogP contribution in [0.15, 0.2) is 48.5 Å². The number of ether oxygens (including phenoxy) is 1. The van der Waals surface area contributed by atoms with E-state index in [1.807, 2.05) is 6.07 Å². The Labute approximate surface area is 122 Å². The minimum Gasteiger partial charge on any atom is -0.476 e. The van der Waals surface area contributed by atoms with E-state index in [1.165, 1.54) is 0 Å². The van der Waals surface area contributed by atoms with Gasteiger partial charge in [0.2, 0.25) is 0 Å². The molecular weight excluding hydrogens is 274 g/mol. The van der Waals surface area contributed by atoms with Gasteiger partial charge < -0.3 is 4.74 Å². The molecule has 0 aromatic heterocycles. The van der Waals surface area contributed by atoms with Gasteiger partial charge in [0.15, 0.2) is 11.9 Å². The predicted molar refractivity (Wildman–Crippen MR) is 77.0 cm³/mol. The SMILES string of the molecule is C[C@@H](C#N)Oc1ccc(C(=O)c2ccc(Cl)cc2)cc1. The molecule has 0 saturated heterocycles. The highest BCUT2D eigenvalue weighted by atomic mass is 35.5. The van der Waals surface area contributed by atoms with Gasteiger partial charge >= 0.3 is 0 Å². The minimum atomic E-state index is -0.521. The van der Waals surface area contributed by atoms with Crippen molar-refractivity contribution in [1.82, 2.24) is 0 Å². The molecule has 0 aliphatic rings. The average molecular weight is 286 g/mol. The summed E-state index contributed by atoms with van der Waals surface area (Å²) in [6.07, 6.45) is -0.521. The molecule has 0 amide bonds. The van der Waals surface area contributed by atoms with Gasteiger partial charge in [-0.1, -0.05) is 11.6 Å². The van der Waals surface area contributed by atoms with Crippen LogP contribution in [-0.4, -0.2) is 11.9 Å². The molecule has 0 spiro atoms. The number of nitriles is 1. The molecule has 0 heterocycles. The van der Waals surface area contributed by atoms with Crippen molar-refractivity contribution in [2.45, 2.75) is 13.0 Å². The molecule has 2 rings (SSSR count). The van der Waals surface area contributed by atoms with Crippen LogP contribution in [0.4, 0.5) is 0 Å².